The molecule has 8 heteroatoms. The van der Waals surface area contributed by atoms with Crippen LogP contribution in [-0.4, -0.2) is 42.5 Å². The molecule has 114 valence electrons. The maximum atomic E-state index is 11.7. The Balaban J connectivity index is 2.84. The van der Waals surface area contributed by atoms with E-state index in [1.54, 1.807) is 13.8 Å². The third-order valence-electron chi connectivity index (χ3n) is 3.02. The molecule has 0 saturated heterocycles. The van der Waals surface area contributed by atoms with E-state index in [4.69, 9.17) is 0 Å². The molecular formula is C12H21BrN4O2S. The van der Waals surface area contributed by atoms with Crippen molar-refractivity contribution < 1.29 is 8.42 Å². The minimum atomic E-state index is -3.15. The lowest BCUT2D eigenvalue weighted by molar-refractivity contribution is 0.559. The average molecular weight is 365 g/mol. The zero-order valence-corrected chi connectivity index (χ0v) is 14.6. The number of rotatable bonds is 7. The molecule has 0 fully saturated rings. The second-order valence-electron chi connectivity index (χ2n) is 5.20. The van der Waals surface area contributed by atoms with Gasteiger partial charge in [0.25, 0.3) is 0 Å². The molecule has 0 atom stereocenters. The van der Waals surface area contributed by atoms with Crippen LogP contribution in [0.2, 0.25) is 0 Å². The van der Waals surface area contributed by atoms with Crippen LogP contribution >= 0.6 is 15.9 Å². The Bertz CT molecular complexity index is 561. The zero-order valence-electron chi connectivity index (χ0n) is 12.2. The molecule has 0 aromatic carbocycles. The van der Waals surface area contributed by atoms with Crippen molar-refractivity contribution in [2.24, 2.45) is 0 Å². The zero-order chi connectivity index (χ0) is 15.4. The smallest absolute Gasteiger partial charge is 0.154 e. The van der Waals surface area contributed by atoms with E-state index in [0.29, 0.717) is 16.1 Å². The second-order valence-corrected chi connectivity index (χ2v) is 8.64. The van der Waals surface area contributed by atoms with Crippen LogP contribution in [0.3, 0.4) is 0 Å². The Kier molecular flexibility index (Phi) is 5.76. The third-order valence-corrected chi connectivity index (χ3v) is 5.92. The molecule has 2 N–H and O–H groups in total. The van der Waals surface area contributed by atoms with Gasteiger partial charge in [-0.25, -0.2) is 18.4 Å². The Morgan fingerprint density at radius 3 is 2.30 bits per heavy atom. The van der Waals surface area contributed by atoms with Gasteiger partial charge in [-0.15, -0.1) is 0 Å². The highest BCUT2D eigenvalue weighted by Crippen LogP contribution is 2.27. The maximum absolute atomic E-state index is 11.7. The van der Waals surface area contributed by atoms with Gasteiger partial charge in [0.05, 0.1) is 4.75 Å². The van der Waals surface area contributed by atoms with Crippen LogP contribution in [0.5, 0.6) is 0 Å². The average Bonchev–Trinajstić information content (AvgIpc) is 2.35. The van der Waals surface area contributed by atoms with E-state index in [9.17, 15) is 8.42 Å². The molecule has 1 heterocycles. The van der Waals surface area contributed by atoms with Crippen LogP contribution < -0.4 is 10.6 Å². The summed E-state index contributed by atoms with van der Waals surface area (Å²) in [5.74, 6) is 1.27. The molecule has 0 aliphatic heterocycles. The van der Waals surface area contributed by atoms with Gasteiger partial charge in [-0.05, 0) is 36.2 Å². The normalized spacial score (nSPS) is 12.2. The van der Waals surface area contributed by atoms with Gasteiger partial charge >= 0.3 is 0 Å². The van der Waals surface area contributed by atoms with Crippen molar-refractivity contribution in [1.29, 1.82) is 0 Å². The molecular weight excluding hydrogens is 344 g/mol. The summed E-state index contributed by atoms with van der Waals surface area (Å²) in [7, 11) is -3.15. The minimum absolute atomic E-state index is 0.272. The summed E-state index contributed by atoms with van der Waals surface area (Å²) in [6.07, 6.45) is 3.66. The highest BCUT2D eigenvalue weighted by Gasteiger charge is 2.30. The van der Waals surface area contributed by atoms with Crippen LogP contribution in [0.1, 0.15) is 27.2 Å². The molecule has 0 unspecified atom stereocenters. The summed E-state index contributed by atoms with van der Waals surface area (Å²) >= 11 is 3.43. The highest BCUT2D eigenvalue weighted by atomic mass is 79.9. The van der Waals surface area contributed by atoms with Gasteiger partial charge in [0.15, 0.2) is 9.84 Å². The minimum Gasteiger partial charge on any atom is -0.369 e. The van der Waals surface area contributed by atoms with E-state index in [-0.39, 0.29) is 6.54 Å². The van der Waals surface area contributed by atoms with E-state index >= 15 is 0 Å². The first-order valence-corrected chi connectivity index (χ1v) is 9.05. The van der Waals surface area contributed by atoms with Crippen molar-refractivity contribution in [3.63, 3.8) is 0 Å². The maximum Gasteiger partial charge on any atom is 0.154 e. The standard InChI is InChI=1S/C12H21BrN4O2S/c1-5-6-14-10-9(13)11(17-8-16-10)15-7-12(2,3)20(4,18)19/h8H,5-7H2,1-4H3,(H2,14,15,16,17). The van der Waals surface area contributed by atoms with Crippen molar-refractivity contribution in [2.75, 3.05) is 30.0 Å². The SMILES string of the molecule is CCCNc1ncnc(NCC(C)(C)S(C)(=O)=O)c1Br. The monoisotopic (exact) mass is 364 g/mol. The Morgan fingerprint density at radius 1 is 1.25 bits per heavy atom. The molecule has 0 aliphatic carbocycles. The molecule has 0 saturated carbocycles. The molecule has 0 amide bonds. The van der Waals surface area contributed by atoms with Gasteiger partial charge in [-0.3, -0.25) is 0 Å². The molecule has 0 radical (unpaired) electrons. The van der Waals surface area contributed by atoms with E-state index in [0.717, 1.165) is 13.0 Å². The fourth-order valence-electron chi connectivity index (χ4n) is 1.29. The third kappa shape index (κ3) is 4.31. The summed E-state index contributed by atoms with van der Waals surface area (Å²) in [5, 5.41) is 6.23. The number of nitrogens with zero attached hydrogens (tertiary/aromatic N) is 2. The quantitative estimate of drug-likeness (QED) is 0.771. The number of hydrogen-bond donors (Lipinski definition) is 2. The van der Waals surface area contributed by atoms with Crippen LogP contribution in [-0.2, 0) is 9.84 Å². The number of hydrogen-bond acceptors (Lipinski definition) is 6. The van der Waals surface area contributed by atoms with E-state index in [2.05, 4.69) is 43.5 Å². The Morgan fingerprint density at radius 2 is 1.80 bits per heavy atom. The van der Waals surface area contributed by atoms with Gasteiger partial charge in [0.1, 0.15) is 22.4 Å². The highest BCUT2D eigenvalue weighted by molar-refractivity contribution is 9.10. The van der Waals surface area contributed by atoms with Gasteiger partial charge < -0.3 is 10.6 Å². The summed E-state index contributed by atoms with van der Waals surface area (Å²) in [6, 6.07) is 0. The number of anilines is 2. The summed E-state index contributed by atoms with van der Waals surface area (Å²) in [6.45, 7) is 6.51. The molecule has 1 aromatic heterocycles. The second kappa shape index (κ2) is 6.71. The van der Waals surface area contributed by atoms with Gasteiger partial charge in [-0.2, -0.15) is 0 Å². The number of sulfone groups is 1. The van der Waals surface area contributed by atoms with Crippen molar-refractivity contribution in [2.45, 2.75) is 31.9 Å². The molecule has 1 aromatic rings. The first-order valence-electron chi connectivity index (χ1n) is 6.37. The van der Waals surface area contributed by atoms with Gasteiger partial charge in [-0.1, -0.05) is 6.92 Å². The molecule has 0 spiro atoms. The van der Waals surface area contributed by atoms with E-state index in [1.165, 1.54) is 12.6 Å². The molecule has 20 heavy (non-hydrogen) atoms. The number of nitrogens with one attached hydrogen (secondary N) is 2. The largest absolute Gasteiger partial charge is 0.369 e. The van der Waals surface area contributed by atoms with Crippen LogP contribution in [0.4, 0.5) is 11.6 Å². The predicted molar refractivity (Wildman–Crippen MR) is 85.9 cm³/mol. The van der Waals surface area contributed by atoms with Crippen molar-refractivity contribution in [3.8, 4) is 0 Å². The first-order chi connectivity index (χ1) is 9.19. The fourth-order valence-corrected chi connectivity index (χ4v) is 2.11. The summed E-state index contributed by atoms with van der Waals surface area (Å²) in [4.78, 5) is 8.27. The lowest BCUT2D eigenvalue weighted by atomic mass is 10.2. The molecule has 0 aliphatic rings. The lowest BCUT2D eigenvalue weighted by Crippen LogP contribution is -2.38. The number of halogens is 1. The molecule has 1 rings (SSSR count). The lowest BCUT2D eigenvalue weighted by Gasteiger charge is -2.23. The molecule has 0 bridgehead atoms. The van der Waals surface area contributed by atoms with Crippen LogP contribution in [0.15, 0.2) is 10.8 Å². The first kappa shape index (κ1) is 17.2. The predicted octanol–water partition coefficient (Wildman–Crippen LogP) is 2.30. The van der Waals surface area contributed by atoms with Gasteiger partial charge in [0.2, 0.25) is 0 Å². The van der Waals surface area contributed by atoms with Crippen molar-refractivity contribution in [3.05, 3.63) is 10.8 Å². The van der Waals surface area contributed by atoms with Crippen molar-refractivity contribution in [1.82, 2.24) is 9.97 Å². The van der Waals surface area contributed by atoms with Crippen molar-refractivity contribution >= 4 is 37.4 Å². The van der Waals surface area contributed by atoms with Crippen LogP contribution in [0, 0.1) is 0 Å². The Labute approximate surface area is 128 Å². The molecule has 6 nitrogen and oxygen atoms in total. The number of aromatic nitrogens is 2. The van der Waals surface area contributed by atoms with Gasteiger partial charge in [0, 0.05) is 19.3 Å². The van der Waals surface area contributed by atoms with Crippen LogP contribution in [0.25, 0.3) is 0 Å². The van der Waals surface area contributed by atoms with E-state index < -0.39 is 14.6 Å². The summed E-state index contributed by atoms with van der Waals surface area (Å²) in [5.41, 5.74) is 0. The Hall–Kier alpha value is -0.890. The van der Waals surface area contributed by atoms with E-state index in [1.807, 2.05) is 0 Å². The summed E-state index contributed by atoms with van der Waals surface area (Å²) < 4.78 is 23.2. The fraction of sp³-hybridized carbons (Fsp3) is 0.667. The topological polar surface area (TPSA) is 84.0 Å².